The molecule has 92 valence electrons. The van der Waals surface area contributed by atoms with Crippen molar-refractivity contribution in [1.29, 1.82) is 0 Å². The first-order chi connectivity index (χ1) is 7.15. The number of hydrogen-bond donors (Lipinski definition) is 2. The Morgan fingerprint density at radius 2 is 1.80 bits per heavy atom. The van der Waals surface area contributed by atoms with E-state index < -0.39 is 0 Å². The lowest BCUT2D eigenvalue weighted by Crippen LogP contribution is -2.43. The second-order valence-electron chi connectivity index (χ2n) is 4.74. The summed E-state index contributed by atoms with van der Waals surface area (Å²) in [6.07, 6.45) is 6.24. The molecule has 0 saturated heterocycles. The summed E-state index contributed by atoms with van der Waals surface area (Å²) in [4.78, 5) is 0. The molecule has 2 N–H and O–H groups in total. The summed E-state index contributed by atoms with van der Waals surface area (Å²) < 4.78 is 0. The molecule has 0 aliphatic heterocycles. The summed E-state index contributed by atoms with van der Waals surface area (Å²) in [5.41, 5.74) is 0. The van der Waals surface area contributed by atoms with Crippen molar-refractivity contribution in [1.82, 2.24) is 5.32 Å². The number of aliphatic hydroxyl groups excluding tert-OH is 1. The standard InChI is InChI=1S/C13H29NO/c1-5-7-8-9-12(4)14-13(10-15)11(3)6-2/h11-15H,5-10H2,1-4H3. The third-order valence-corrected chi connectivity index (χ3v) is 3.27. The Hall–Kier alpha value is -0.0800. The van der Waals surface area contributed by atoms with Gasteiger partial charge in [0.1, 0.15) is 0 Å². The van der Waals surface area contributed by atoms with E-state index in [2.05, 4.69) is 33.0 Å². The second-order valence-corrected chi connectivity index (χ2v) is 4.74. The highest BCUT2D eigenvalue weighted by Crippen LogP contribution is 2.10. The minimum atomic E-state index is 0.257. The van der Waals surface area contributed by atoms with Crippen LogP contribution in [0.1, 0.15) is 59.8 Å². The van der Waals surface area contributed by atoms with Crippen LogP contribution >= 0.6 is 0 Å². The quantitative estimate of drug-likeness (QED) is 0.580. The van der Waals surface area contributed by atoms with Crippen LogP contribution in [0, 0.1) is 5.92 Å². The van der Waals surface area contributed by atoms with Crippen LogP contribution in [0.3, 0.4) is 0 Å². The van der Waals surface area contributed by atoms with E-state index in [1.165, 1.54) is 25.7 Å². The molecule has 3 unspecified atom stereocenters. The average molecular weight is 215 g/mol. The number of hydrogen-bond acceptors (Lipinski definition) is 2. The van der Waals surface area contributed by atoms with Crippen LogP contribution in [0.2, 0.25) is 0 Å². The highest BCUT2D eigenvalue weighted by atomic mass is 16.3. The van der Waals surface area contributed by atoms with Crippen molar-refractivity contribution in [2.24, 2.45) is 5.92 Å². The number of rotatable bonds is 9. The van der Waals surface area contributed by atoms with Crippen LogP contribution in [0.4, 0.5) is 0 Å². The zero-order valence-electron chi connectivity index (χ0n) is 10.9. The van der Waals surface area contributed by atoms with Gasteiger partial charge in [-0.05, 0) is 19.3 Å². The fourth-order valence-corrected chi connectivity index (χ4v) is 1.83. The van der Waals surface area contributed by atoms with Gasteiger partial charge < -0.3 is 10.4 Å². The zero-order valence-corrected chi connectivity index (χ0v) is 10.9. The molecule has 0 aromatic heterocycles. The number of aliphatic hydroxyl groups is 1. The Labute approximate surface area is 95.5 Å². The number of nitrogens with one attached hydrogen (secondary N) is 1. The molecular formula is C13H29NO. The van der Waals surface area contributed by atoms with E-state index >= 15 is 0 Å². The molecule has 0 saturated carbocycles. The SMILES string of the molecule is CCCCCC(C)NC(CO)C(C)CC. The highest BCUT2D eigenvalue weighted by molar-refractivity contribution is 4.75. The highest BCUT2D eigenvalue weighted by Gasteiger charge is 2.16. The zero-order chi connectivity index (χ0) is 11.7. The molecule has 0 aromatic carbocycles. The summed E-state index contributed by atoms with van der Waals surface area (Å²) in [5.74, 6) is 0.559. The molecule has 0 aliphatic rings. The Morgan fingerprint density at radius 3 is 2.27 bits per heavy atom. The molecule has 2 nitrogen and oxygen atoms in total. The molecule has 0 heterocycles. The van der Waals surface area contributed by atoms with E-state index in [1.54, 1.807) is 0 Å². The predicted octanol–water partition coefficient (Wildman–Crippen LogP) is 2.95. The van der Waals surface area contributed by atoms with E-state index in [0.29, 0.717) is 12.0 Å². The molecule has 0 aliphatic carbocycles. The molecular weight excluding hydrogens is 186 g/mol. The van der Waals surface area contributed by atoms with Gasteiger partial charge >= 0.3 is 0 Å². The predicted molar refractivity (Wildman–Crippen MR) is 67.1 cm³/mol. The van der Waals surface area contributed by atoms with E-state index in [9.17, 15) is 5.11 Å². The molecule has 0 radical (unpaired) electrons. The van der Waals surface area contributed by atoms with Crippen molar-refractivity contribution in [3.8, 4) is 0 Å². The van der Waals surface area contributed by atoms with Crippen LogP contribution in [-0.4, -0.2) is 23.8 Å². The van der Waals surface area contributed by atoms with Crippen molar-refractivity contribution in [2.45, 2.75) is 71.9 Å². The van der Waals surface area contributed by atoms with Gasteiger partial charge in [0.05, 0.1) is 6.61 Å². The molecule has 15 heavy (non-hydrogen) atoms. The van der Waals surface area contributed by atoms with Gasteiger partial charge in [-0.15, -0.1) is 0 Å². The monoisotopic (exact) mass is 215 g/mol. The van der Waals surface area contributed by atoms with Crippen LogP contribution in [0.25, 0.3) is 0 Å². The summed E-state index contributed by atoms with van der Waals surface area (Å²) in [5, 5.41) is 12.8. The topological polar surface area (TPSA) is 32.3 Å². The van der Waals surface area contributed by atoms with E-state index in [0.717, 1.165) is 6.42 Å². The minimum Gasteiger partial charge on any atom is -0.395 e. The smallest absolute Gasteiger partial charge is 0.0587 e. The van der Waals surface area contributed by atoms with E-state index in [4.69, 9.17) is 0 Å². The van der Waals surface area contributed by atoms with Gasteiger partial charge in [-0.2, -0.15) is 0 Å². The fraction of sp³-hybridized carbons (Fsp3) is 1.00. The normalized spacial score (nSPS) is 17.4. The van der Waals surface area contributed by atoms with Gasteiger partial charge in [-0.1, -0.05) is 46.5 Å². The maximum absolute atomic E-state index is 9.29. The number of unbranched alkanes of at least 4 members (excludes halogenated alkanes) is 2. The Balaban J connectivity index is 3.74. The summed E-state index contributed by atoms with van der Waals surface area (Å²) in [7, 11) is 0. The minimum absolute atomic E-state index is 0.257. The first-order valence-corrected chi connectivity index (χ1v) is 6.52. The molecule has 0 fully saturated rings. The van der Waals surface area contributed by atoms with Crippen molar-refractivity contribution in [3.05, 3.63) is 0 Å². The van der Waals surface area contributed by atoms with Gasteiger partial charge in [-0.25, -0.2) is 0 Å². The first-order valence-electron chi connectivity index (χ1n) is 6.52. The third-order valence-electron chi connectivity index (χ3n) is 3.27. The van der Waals surface area contributed by atoms with Crippen molar-refractivity contribution >= 4 is 0 Å². The van der Waals surface area contributed by atoms with E-state index in [-0.39, 0.29) is 12.6 Å². The average Bonchev–Trinajstić information content (AvgIpc) is 2.25. The summed E-state index contributed by atoms with van der Waals surface area (Å²) in [6.45, 7) is 9.09. The molecule has 0 aromatic rings. The molecule has 0 rings (SSSR count). The van der Waals surface area contributed by atoms with Gasteiger partial charge in [-0.3, -0.25) is 0 Å². The molecule has 0 bridgehead atoms. The molecule has 3 atom stereocenters. The molecule has 0 amide bonds. The van der Waals surface area contributed by atoms with Gasteiger partial charge in [0.2, 0.25) is 0 Å². The molecule has 2 heteroatoms. The first kappa shape index (κ1) is 14.9. The van der Waals surface area contributed by atoms with Crippen molar-refractivity contribution in [2.75, 3.05) is 6.61 Å². The van der Waals surface area contributed by atoms with E-state index in [1.807, 2.05) is 0 Å². The Kier molecular flexibility index (Phi) is 9.12. The lowest BCUT2D eigenvalue weighted by atomic mass is 9.98. The van der Waals surface area contributed by atoms with Gasteiger partial charge in [0.25, 0.3) is 0 Å². The lowest BCUT2D eigenvalue weighted by molar-refractivity contribution is 0.190. The van der Waals surface area contributed by atoms with Crippen molar-refractivity contribution < 1.29 is 5.11 Å². The Bertz CT molecular complexity index is 138. The second kappa shape index (κ2) is 9.17. The van der Waals surface area contributed by atoms with Crippen molar-refractivity contribution in [3.63, 3.8) is 0 Å². The Morgan fingerprint density at radius 1 is 1.13 bits per heavy atom. The molecule has 0 spiro atoms. The van der Waals surface area contributed by atoms with Crippen LogP contribution in [-0.2, 0) is 0 Å². The summed E-state index contributed by atoms with van der Waals surface area (Å²) in [6, 6.07) is 0.800. The lowest BCUT2D eigenvalue weighted by Gasteiger charge is -2.26. The van der Waals surface area contributed by atoms with Crippen LogP contribution in [0.5, 0.6) is 0 Å². The van der Waals surface area contributed by atoms with Gasteiger partial charge in [0.15, 0.2) is 0 Å². The van der Waals surface area contributed by atoms with Crippen LogP contribution in [0.15, 0.2) is 0 Å². The van der Waals surface area contributed by atoms with Gasteiger partial charge in [0, 0.05) is 12.1 Å². The maximum atomic E-state index is 9.29. The maximum Gasteiger partial charge on any atom is 0.0587 e. The fourth-order valence-electron chi connectivity index (χ4n) is 1.83. The van der Waals surface area contributed by atoms with Crippen LogP contribution < -0.4 is 5.32 Å². The largest absolute Gasteiger partial charge is 0.395 e. The summed E-state index contributed by atoms with van der Waals surface area (Å²) >= 11 is 0. The third kappa shape index (κ3) is 6.91.